The molecule has 2 amide bonds. The van der Waals surface area contributed by atoms with Crippen LogP contribution in [0.25, 0.3) is 0 Å². The lowest BCUT2D eigenvalue weighted by atomic mass is 10.1. The first kappa shape index (κ1) is 16.0. The molecule has 0 radical (unpaired) electrons. The number of nitrogens with zero attached hydrogens (tertiary/aromatic N) is 1. The largest absolute Gasteiger partial charge is 0.326 e. The zero-order valence-corrected chi connectivity index (χ0v) is 14.5. The summed E-state index contributed by atoms with van der Waals surface area (Å²) in [5.74, 6) is -0.594. The van der Waals surface area contributed by atoms with E-state index in [9.17, 15) is 9.59 Å². The molecule has 0 aliphatic carbocycles. The number of nitrogens with one attached hydrogen (secondary N) is 1. The molecule has 1 fully saturated rings. The van der Waals surface area contributed by atoms with Crippen molar-refractivity contribution in [3.8, 4) is 0 Å². The monoisotopic (exact) mass is 392 g/mol. The summed E-state index contributed by atoms with van der Waals surface area (Å²) in [5.41, 5.74) is 1.43. The fourth-order valence-corrected chi connectivity index (χ4v) is 3.17. The van der Waals surface area contributed by atoms with Crippen LogP contribution >= 0.6 is 27.5 Å². The summed E-state index contributed by atoms with van der Waals surface area (Å²) in [4.78, 5) is 26.2. The SMILES string of the molecule is O=C(Nc1cccc(Br)c1)C1CC(=O)N(c2cccc(Cl)c2)C1. The molecule has 1 atom stereocenters. The van der Waals surface area contributed by atoms with Crippen molar-refractivity contribution in [1.82, 2.24) is 0 Å². The number of halogens is 2. The molecule has 23 heavy (non-hydrogen) atoms. The van der Waals surface area contributed by atoms with Crippen molar-refractivity contribution >= 4 is 50.7 Å². The highest BCUT2D eigenvalue weighted by Crippen LogP contribution is 2.28. The maximum Gasteiger partial charge on any atom is 0.229 e. The van der Waals surface area contributed by atoms with Crippen molar-refractivity contribution < 1.29 is 9.59 Å². The molecule has 2 aromatic rings. The van der Waals surface area contributed by atoms with Crippen LogP contribution < -0.4 is 10.2 Å². The molecule has 118 valence electrons. The number of anilines is 2. The topological polar surface area (TPSA) is 49.4 Å². The molecule has 1 heterocycles. The van der Waals surface area contributed by atoms with Gasteiger partial charge in [-0.1, -0.05) is 39.7 Å². The van der Waals surface area contributed by atoms with Gasteiger partial charge in [-0.15, -0.1) is 0 Å². The number of benzene rings is 2. The van der Waals surface area contributed by atoms with E-state index in [2.05, 4.69) is 21.2 Å². The highest BCUT2D eigenvalue weighted by Gasteiger charge is 2.35. The van der Waals surface area contributed by atoms with Crippen molar-refractivity contribution in [2.75, 3.05) is 16.8 Å². The van der Waals surface area contributed by atoms with E-state index in [1.807, 2.05) is 30.3 Å². The Morgan fingerprint density at radius 1 is 1.22 bits per heavy atom. The first-order valence-corrected chi connectivity index (χ1v) is 8.32. The number of hydrogen-bond donors (Lipinski definition) is 1. The third kappa shape index (κ3) is 3.74. The van der Waals surface area contributed by atoms with Gasteiger partial charge < -0.3 is 10.2 Å². The maximum atomic E-state index is 12.4. The van der Waals surface area contributed by atoms with Gasteiger partial charge in [0.25, 0.3) is 0 Å². The summed E-state index contributed by atoms with van der Waals surface area (Å²) in [6.45, 7) is 0.360. The molecule has 4 nitrogen and oxygen atoms in total. The third-order valence-corrected chi connectivity index (χ3v) is 4.44. The molecule has 1 saturated heterocycles. The zero-order chi connectivity index (χ0) is 16.4. The van der Waals surface area contributed by atoms with Crippen LogP contribution in [0.3, 0.4) is 0 Å². The van der Waals surface area contributed by atoms with E-state index in [0.29, 0.717) is 17.3 Å². The van der Waals surface area contributed by atoms with Crippen molar-refractivity contribution in [1.29, 1.82) is 0 Å². The molecule has 3 rings (SSSR count). The molecule has 1 aliphatic rings. The predicted molar refractivity (Wildman–Crippen MR) is 94.7 cm³/mol. The van der Waals surface area contributed by atoms with E-state index in [4.69, 9.17) is 11.6 Å². The lowest BCUT2D eigenvalue weighted by Gasteiger charge is -2.17. The van der Waals surface area contributed by atoms with Gasteiger partial charge >= 0.3 is 0 Å². The Bertz CT molecular complexity index is 766. The quantitative estimate of drug-likeness (QED) is 0.854. The highest BCUT2D eigenvalue weighted by molar-refractivity contribution is 9.10. The van der Waals surface area contributed by atoms with Gasteiger partial charge in [0.15, 0.2) is 0 Å². The molecule has 1 unspecified atom stereocenters. The van der Waals surface area contributed by atoms with Gasteiger partial charge in [-0.2, -0.15) is 0 Å². The van der Waals surface area contributed by atoms with Crippen molar-refractivity contribution in [2.24, 2.45) is 5.92 Å². The first-order chi connectivity index (χ1) is 11.0. The summed E-state index contributed by atoms with van der Waals surface area (Å²) < 4.78 is 0.887. The minimum Gasteiger partial charge on any atom is -0.326 e. The second kappa shape index (κ2) is 6.72. The van der Waals surface area contributed by atoms with Crippen LogP contribution in [0.5, 0.6) is 0 Å². The molecule has 0 bridgehead atoms. The minimum absolute atomic E-state index is 0.0679. The average Bonchev–Trinajstić information content (AvgIpc) is 2.89. The standard InChI is InChI=1S/C17H14BrClN2O2/c18-12-3-1-5-14(8-12)20-17(23)11-7-16(22)21(10-11)15-6-2-4-13(19)9-15/h1-6,8-9,11H,7,10H2,(H,20,23). The molecular formula is C17H14BrClN2O2. The van der Waals surface area contributed by atoms with Crippen LogP contribution in [0.2, 0.25) is 5.02 Å². The maximum absolute atomic E-state index is 12.4. The Labute approximate surface area is 147 Å². The molecule has 1 aliphatic heterocycles. The van der Waals surface area contributed by atoms with Crippen LogP contribution in [0.1, 0.15) is 6.42 Å². The van der Waals surface area contributed by atoms with Crippen LogP contribution in [0, 0.1) is 5.92 Å². The highest BCUT2D eigenvalue weighted by atomic mass is 79.9. The summed E-state index contributed by atoms with van der Waals surface area (Å²) >= 11 is 9.34. The summed E-state index contributed by atoms with van der Waals surface area (Å²) in [6.07, 6.45) is 0.201. The van der Waals surface area contributed by atoms with Gasteiger partial charge in [-0.05, 0) is 36.4 Å². The van der Waals surface area contributed by atoms with E-state index in [-0.39, 0.29) is 24.2 Å². The Balaban J connectivity index is 1.70. The predicted octanol–water partition coefficient (Wildman–Crippen LogP) is 4.09. The number of hydrogen-bond acceptors (Lipinski definition) is 2. The van der Waals surface area contributed by atoms with Gasteiger partial charge in [0.2, 0.25) is 11.8 Å². The molecule has 0 spiro atoms. The smallest absolute Gasteiger partial charge is 0.229 e. The lowest BCUT2D eigenvalue weighted by Crippen LogP contribution is -2.28. The average molecular weight is 394 g/mol. The van der Waals surface area contributed by atoms with Crippen molar-refractivity contribution in [3.05, 3.63) is 58.0 Å². The Kier molecular flexibility index (Phi) is 4.68. The number of carbonyl (C=O) groups is 2. The lowest BCUT2D eigenvalue weighted by molar-refractivity contribution is -0.122. The fraction of sp³-hybridized carbons (Fsp3) is 0.176. The molecule has 0 saturated carbocycles. The van der Waals surface area contributed by atoms with Crippen LogP contribution in [-0.2, 0) is 9.59 Å². The van der Waals surface area contributed by atoms with Crippen LogP contribution in [0.15, 0.2) is 53.0 Å². The minimum atomic E-state index is -0.375. The Morgan fingerprint density at radius 2 is 2.00 bits per heavy atom. The number of rotatable bonds is 3. The summed E-state index contributed by atoms with van der Waals surface area (Å²) in [5, 5.41) is 3.42. The van der Waals surface area contributed by atoms with E-state index >= 15 is 0 Å². The zero-order valence-electron chi connectivity index (χ0n) is 12.1. The second-order valence-electron chi connectivity index (χ2n) is 5.38. The molecular weight excluding hydrogens is 380 g/mol. The number of carbonyl (C=O) groups excluding carboxylic acids is 2. The normalized spacial score (nSPS) is 17.4. The third-order valence-electron chi connectivity index (χ3n) is 3.71. The van der Waals surface area contributed by atoms with Crippen molar-refractivity contribution in [3.63, 3.8) is 0 Å². The molecule has 6 heteroatoms. The van der Waals surface area contributed by atoms with Crippen LogP contribution in [0.4, 0.5) is 11.4 Å². The number of amides is 2. The first-order valence-electron chi connectivity index (χ1n) is 7.15. The van der Waals surface area contributed by atoms with Crippen molar-refractivity contribution in [2.45, 2.75) is 6.42 Å². The summed E-state index contributed by atoms with van der Waals surface area (Å²) in [6, 6.07) is 14.5. The summed E-state index contributed by atoms with van der Waals surface area (Å²) in [7, 11) is 0. The van der Waals surface area contributed by atoms with Gasteiger partial charge in [0, 0.05) is 33.8 Å². The van der Waals surface area contributed by atoms with E-state index in [0.717, 1.165) is 10.2 Å². The van der Waals surface area contributed by atoms with Gasteiger partial charge in [0.1, 0.15) is 0 Å². The molecule has 2 aromatic carbocycles. The van der Waals surface area contributed by atoms with Gasteiger partial charge in [-0.25, -0.2) is 0 Å². The second-order valence-corrected chi connectivity index (χ2v) is 6.74. The van der Waals surface area contributed by atoms with Crippen LogP contribution in [-0.4, -0.2) is 18.4 Å². The van der Waals surface area contributed by atoms with E-state index in [1.54, 1.807) is 23.1 Å². The molecule has 1 N–H and O–H groups in total. The fourth-order valence-electron chi connectivity index (χ4n) is 2.59. The van der Waals surface area contributed by atoms with Gasteiger partial charge in [0.05, 0.1) is 5.92 Å². The van der Waals surface area contributed by atoms with E-state index < -0.39 is 0 Å². The van der Waals surface area contributed by atoms with Gasteiger partial charge in [-0.3, -0.25) is 9.59 Å². The Morgan fingerprint density at radius 3 is 2.74 bits per heavy atom. The Hall–Kier alpha value is -1.85. The molecule has 0 aromatic heterocycles. The van der Waals surface area contributed by atoms with E-state index in [1.165, 1.54) is 0 Å².